The molecule has 17 heavy (non-hydrogen) atoms. The summed E-state index contributed by atoms with van der Waals surface area (Å²) in [5.74, 6) is 0. The van der Waals surface area contributed by atoms with Crippen LogP contribution in [0.15, 0.2) is 41.3 Å². The molecule has 0 aliphatic rings. The molecule has 0 fully saturated rings. The Morgan fingerprint density at radius 3 is 2.65 bits per heavy atom. The lowest BCUT2D eigenvalue weighted by molar-refractivity contribution is 0.971. The lowest BCUT2D eigenvalue weighted by Crippen LogP contribution is -2.21. The topological polar surface area (TPSA) is 45.8 Å². The van der Waals surface area contributed by atoms with Gasteiger partial charge in [-0.3, -0.25) is 9.36 Å². The minimum absolute atomic E-state index is 0.0302. The third kappa shape index (κ3) is 1.95. The van der Waals surface area contributed by atoms with Crippen LogP contribution in [-0.4, -0.2) is 4.57 Å². The van der Waals surface area contributed by atoms with Gasteiger partial charge in [0.25, 0.3) is 5.56 Å². The normalized spacial score (nSPS) is 9.94. The van der Waals surface area contributed by atoms with Crippen LogP contribution in [0, 0.1) is 18.3 Å². The zero-order valence-electron chi connectivity index (χ0n) is 9.14. The number of benzene rings is 1. The molecule has 84 valence electrons. The summed E-state index contributed by atoms with van der Waals surface area (Å²) in [5.41, 5.74) is 1.29. The zero-order valence-corrected chi connectivity index (χ0v) is 9.90. The van der Waals surface area contributed by atoms with Crippen molar-refractivity contribution in [3.05, 3.63) is 63.0 Å². The van der Waals surface area contributed by atoms with Crippen LogP contribution in [0.5, 0.6) is 0 Å². The molecule has 0 unspecified atom stereocenters. The third-order valence-electron chi connectivity index (χ3n) is 2.53. The number of hydrogen-bond acceptors (Lipinski definition) is 2. The Hall–Kier alpha value is -2.05. The van der Waals surface area contributed by atoms with Gasteiger partial charge in [-0.15, -0.1) is 0 Å². The van der Waals surface area contributed by atoms with Gasteiger partial charge in [-0.2, -0.15) is 5.26 Å². The Balaban J connectivity index is 2.76. The van der Waals surface area contributed by atoms with Crippen molar-refractivity contribution in [1.29, 1.82) is 5.26 Å². The SMILES string of the molecule is Cc1ccccc1-n1ccc(Cl)c(C#N)c1=O. The summed E-state index contributed by atoms with van der Waals surface area (Å²) >= 11 is 5.79. The van der Waals surface area contributed by atoms with E-state index < -0.39 is 5.56 Å². The molecule has 0 aliphatic carbocycles. The van der Waals surface area contributed by atoms with Crippen LogP contribution in [0.25, 0.3) is 5.69 Å². The lowest BCUT2D eigenvalue weighted by Gasteiger charge is -2.09. The van der Waals surface area contributed by atoms with Crippen LogP contribution < -0.4 is 5.56 Å². The van der Waals surface area contributed by atoms with Gasteiger partial charge in [0.1, 0.15) is 11.6 Å². The van der Waals surface area contributed by atoms with E-state index in [1.54, 1.807) is 12.3 Å². The van der Waals surface area contributed by atoms with E-state index >= 15 is 0 Å². The molecule has 0 aliphatic heterocycles. The molecule has 0 amide bonds. The van der Waals surface area contributed by atoms with Crippen molar-refractivity contribution in [2.24, 2.45) is 0 Å². The fraction of sp³-hybridized carbons (Fsp3) is 0.0769. The number of aromatic nitrogens is 1. The van der Waals surface area contributed by atoms with Gasteiger partial charge in [-0.1, -0.05) is 29.8 Å². The maximum atomic E-state index is 12.0. The van der Waals surface area contributed by atoms with Gasteiger partial charge < -0.3 is 0 Å². The van der Waals surface area contributed by atoms with Crippen LogP contribution >= 0.6 is 11.6 Å². The molecule has 0 atom stereocenters. The smallest absolute Gasteiger partial charge is 0.274 e. The molecule has 1 aromatic heterocycles. The maximum absolute atomic E-state index is 12.0. The summed E-state index contributed by atoms with van der Waals surface area (Å²) < 4.78 is 1.43. The van der Waals surface area contributed by atoms with Gasteiger partial charge in [0, 0.05) is 6.20 Å². The van der Waals surface area contributed by atoms with Crippen LogP contribution in [0.4, 0.5) is 0 Å². The van der Waals surface area contributed by atoms with Gasteiger partial charge >= 0.3 is 0 Å². The minimum Gasteiger partial charge on any atom is -0.283 e. The van der Waals surface area contributed by atoms with Gasteiger partial charge in [0.2, 0.25) is 0 Å². The fourth-order valence-corrected chi connectivity index (χ4v) is 1.82. The second-order valence-electron chi connectivity index (χ2n) is 3.61. The average Bonchev–Trinajstić information content (AvgIpc) is 2.31. The van der Waals surface area contributed by atoms with E-state index in [1.807, 2.05) is 37.3 Å². The average molecular weight is 245 g/mol. The third-order valence-corrected chi connectivity index (χ3v) is 2.84. The summed E-state index contributed by atoms with van der Waals surface area (Å²) in [6.45, 7) is 1.91. The van der Waals surface area contributed by atoms with Crippen molar-refractivity contribution in [2.45, 2.75) is 6.92 Å². The Labute approximate surface area is 104 Å². The Kier molecular flexibility index (Phi) is 2.99. The molecular weight excluding hydrogens is 236 g/mol. The molecule has 0 N–H and O–H groups in total. The second kappa shape index (κ2) is 4.44. The first-order chi connectivity index (χ1) is 8.15. The van der Waals surface area contributed by atoms with Crippen molar-refractivity contribution < 1.29 is 0 Å². The Bertz CT molecular complexity index is 668. The molecule has 2 aromatic rings. The van der Waals surface area contributed by atoms with Gasteiger partial charge in [0.15, 0.2) is 0 Å². The molecule has 3 nitrogen and oxygen atoms in total. The quantitative estimate of drug-likeness (QED) is 0.774. The van der Waals surface area contributed by atoms with Crippen molar-refractivity contribution in [3.63, 3.8) is 0 Å². The fourth-order valence-electron chi connectivity index (χ4n) is 1.64. The Morgan fingerprint density at radius 2 is 2.00 bits per heavy atom. The summed E-state index contributed by atoms with van der Waals surface area (Å²) in [4.78, 5) is 12.0. The highest BCUT2D eigenvalue weighted by Crippen LogP contribution is 2.15. The van der Waals surface area contributed by atoms with E-state index in [4.69, 9.17) is 16.9 Å². The Morgan fingerprint density at radius 1 is 1.29 bits per heavy atom. The lowest BCUT2D eigenvalue weighted by atomic mass is 10.2. The number of nitrogens with zero attached hydrogens (tertiary/aromatic N) is 2. The van der Waals surface area contributed by atoms with Gasteiger partial charge in [0.05, 0.1) is 10.7 Å². The van der Waals surface area contributed by atoms with Crippen molar-refractivity contribution in [3.8, 4) is 11.8 Å². The summed E-state index contributed by atoms with van der Waals surface area (Å²) in [7, 11) is 0. The van der Waals surface area contributed by atoms with Crippen LogP contribution in [0.1, 0.15) is 11.1 Å². The summed E-state index contributed by atoms with van der Waals surface area (Å²) in [6, 6.07) is 10.8. The monoisotopic (exact) mass is 244 g/mol. The molecule has 0 saturated heterocycles. The first kappa shape index (κ1) is 11.4. The first-order valence-corrected chi connectivity index (χ1v) is 5.40. The maximum Gasteiger partial charge on any atom is 0.274 e. The molecule has 2 rings (SSSR count). The molecule has 0 saturated carbocycles. The highest BCUT2D eigenvalue weighted by molar-refractivity contribution is 6.31. The molecule has 0 spiro atoms. The van der Waals surface area contributed by atoms with E-state index in [2.05, 4.69) is 0 Å². The molecule has 0 bridgehead atoms. The van der Waals surface area contributed by atoms with E-state index in [-0.39, 0.29) is 10.6 Å². The summed E-state index contributed by atoms with van der Waals surface area (Å²) in [5, 5.41) is 9.07. The highest BCUT2D eigenvalue weighted by Gasteiger charge is 2.10. The van der Waals surface area contributed by atoms with Crippen LogP contribution in [0.2, 0.25) is 5.02 Å². The highest BCUT2D eigenvalue weighted by atomic mass is 35.5. The van der Waals surface area contributed by atoms with Crippen molar-refractivity contribution >= 4 is 11.6 Å². The molecule has 1 aromatic carbocycles. The number of rotatable bonds is 1. The molecule has 1 heterocycles. The van der Waals surface area contributed by atoms with Crippen molar-refractivity contribution in [2.75, 3.05) is 0 Å². The van der Waals surface area contributed by atoms with Crippen molar-refractivity contribution in [1.82, 2.24) is 4.57 Å². The predicted octanol–water partition coefficient (Wildman–Crippen LogP) is 2.67. The molecule has 4 heteroatoms. The van der Waals surface area contributed by atoms with Crippen LogP contribution in [-0.2, 0) is 0 Å². The first-order valence-electron chi connectivity index (χ1n) is 5.02. The van der Waals surface area contributed by atoms with E-state index in [0.717, 1.165) is 11.3 Å². The number of nitriles is 1. The zero-order chi connectivity index (χ0) is 12.4. The predicted molar refractivity (Wildman–Crippen MR) is 66.5 cm³/mol. The largest absolute Gasteiger partial charge is 0.283 e. The number of aryl methyl sites for hydroxylation is 1. The number of hydrogen-bond donors (Lipinski definition) is 0. The second-order valence-corrected chi connectivity index (χ2v) is 4.02. The van der Waals surface area contributed by atoms with E-state index in [1.165, 1.54) is 4.57 Å². The number of pyridine rings is 1. The number of halogens is 1. The molecule has 0 radical (unpaired) electrons. The van der Waals surface area contributed by atoms with Gasteiger partial charge in [-0.05, 0) is 24.6 Å². The standard InChI is InChI=1S/C13H9ClN2O/c1-9-4-2-3-5-12(9)16-7-6-11(14)10(8-15)13(16)17/h2-7H,1H3. The van der Waals surface area contributed by atoms with E-state index in [0.29, 0.717) is 0 Å². The van der Waals surface area contributed by atoms with Crippen LogP contribution in [0.3, 0.4) is 0 Å². The number of para-hydroxylation sites is 1. The minimum atomic E-state index is -0.394. The molecular formula is C13H9ClN2O. The van der Waals surface area contributed by atoms with Gasteiger partial charge in [-0.25, -0.2) is 0 Å². The summed E-state index contributed by atoms with van der Waals surface area (Å²) in [6.07, 6.45) is 1.58. The van der Waals surface area contributed by atoms with E-state index in [9.17, 15) is 4.79 Å².